The number of benzene rings is 3. The van der Waals surface area contributed by atoms with E-state index in [9.17, 15) is 20.2 Å². The lowest BCUT2D eigenvalue weighted by Gasteiger charge is -2.10. The smallest absolute Gasteiger partial charge is 0.269 e. The van der Waals surface area contributed by atoms with Gasteiger partial charge in [0, 0.05) is 41.8 Å². The Hall–Kier alpha value is -4.60. The molecule has 0 spiro atoms. The monoisotopic (exact) mass is 432 g/mol. The molecule has 10 heteroatoms. The second-order valence-corrected chi connectivity index (χ2v) is 6.81. The van der Waals surface area contributed by atoms with E-state index in [1.54, 1.807) is 6.07 Å². The number of ether oxygens (including phenoxy) is 1. The summed E-state index contributed by atoms with van der Waals surface area (Å²) in [5, 5.41) is 29.8. The number of nitro benzene ring substituents is 2. The molecule has 10 nitrogen and oxygen atoms in total. The molecule has 0 atom stereocenters. The van der Waals surface area contributed by atoms with E-state index in [-0.39, 0.29) is 29.8 Å². The zero-order valence-corrected chi connectivity index (χ0v) is 16.6. The molecule has 4 aromatic rings. The molecule has 32 heavy (non-hydrogen) atoms. The van der Waals surface area contributed by atoms with Crippen LogP contribution < -0.4 is 4.74 Å². The molecule has 4 rings (SSSR count). The van der Waals surface area contributed by atoms with Crippen LogP contribution in [0.15, 0.2) is 77.2 Å². The van der Waals surface area contributed by atoms with Crippen LogP contribution in [0.5, 0.6) is 5.75 Å². The summed E-state index contributed by atoms with van der Waals surface area (Å²) in [6, 6.07) is 19.7. The molecular formula is C22H16N4O6. The fraction of sp³-hybridized carbons (Fsp3) is 0.0909. The van der Waals surface area contributed by atoms with Crippen LogP contribution in [0.1, 0.15) is 17.0 Å². The van der Waals surface area contributed by atoms with Crippen LogP contribution in [0.25, 0.3) is 11.5 Å². The van der Waals surface area contributed by atoms with Crippen LogP contribution in [-0.2, 0) is 13.0 Å². The van der Waals surface area contributed by atoms with Crippen LogP contribution in [0.3, 0.4) is 0 Å². The molecule has 0 bridgehead atoms. The average Bonchev–Trinajstić information content (AvgIpc) is 3.28. The molecule has 0 N–H and O–H groups in total. The first-order valence-electron chi connectivity index (χ1n) is 9.51. The molecule has 0 unspecified atom stereocenters. The van der Waals surface area contributed by atoms with Gasteiger partial charge in [0.05, 0.1) is 9.85 Å². The number of rotatable bonds is 8. The molecule has 0 aliphatic rings. The predicted molar refractivity (Wildman–Crippen MR) is 113 cm³/mol. The maximum atomic E-state index is 11.2. The van der Waals surface area contributed by atoms with Gasteiger partial charge in [-0.05, 0) is 23.8 Å². The molecule has 0 aliphatic carbocycles. The molecule has 0 radical (unpaired) electrons. The summed E-state index contributed by atoms with van der Waals surface area (Å²) in [5.41, 5.74) is 2.11. The van der Waals surface area contributed by atoms with E-state index < -0.39 is 9.85 Å². The van der Waals surface area contributed by atoms with E-state index in [0.29, 0.717) is 23.3 Å². The molecule has 0 amide bonds. The molecule has 1 heterocycles. The lowest BCUT2D eigenvalue weighted by Crippen LogP contribution is -2.01. The van der Waals surface area contributed by atoms with Gasteiger partial charge in [-0.1, -0.05) is 30.3 Å². The SMILES string of the molecule is O=[N+]([O-])c1ccc(-c2nnc(COc3ccc([N+](=O)[O-])cc3Cc3ccccc3)o2)cc1. The molecule has 160 valence electrons. The van der Waals surface area contributed by atoms with Gasteiger partial charge in [-0.15, -0.1) is 10.2 Å². The second kappa shape index (κ2) is 9.04. The van der Waals surface area contributed by atoms with Crippen molar-refractivity contribution in [3.63, 3.8) is 0 Å². The van der Waals surface area contributed by atoms with Crippen molar-refractivity contribution in [1.29, 1.82) is 0 Å². The van der Waals surface area contributed by atoms with Crippen LogP contribution in [0, 0.1) is 20.2 Å². The Bertz CT molecular complexity index is 1260. The van der Waals surface area contributed by atoms with Crippen molar-refractivity contribution in [2.75, 3.05) is 0 Å². The van der Waals surface area contributed by atoms with E-state index in [4.69, 9.17) is 9.15 Å². The van der Waals surface area contributed by atoms with Gasteiger partial charge in [0.15, 0.2) is 6.61 Å². The third-order valence-corrected chi connectivity index (χ3v) is 4.64. The topological polar surface area (TPSA) is 134 Å². The van der Waals surface area contributed by atoms with Gasteiger partial charge >= 0.3 is 0 Å². The zero-order chi connectivity index (χ0) is 22.5. The minimum atomic E-state index is -0.492. The van der Waals surface area contributed by atoms with E-state index in [1.807, 2.05) is 30.3 Å². The van der Waals surface area contributed by atoms with Gasteiger partial charge in [0.25, 0.3) is 17.3 Å². The Kier molecular flexibility index (Phi) is 5.84. The summed E-state index contributed by atoms with van der Waals surface area (Å²) < 4.78 is 11.4. The van der Waals surface area contributed by atoms with Crippen molar-refractivity contribution in [3.8, 4) is 17.2 Å². The zero-order valence-electron chi connectivity index (χ0n) is 16.6. The molecule has 0 fully saturated rings. The largest absolute Gasteiger partial charge is 0.484 e. The predicted octanol–water partition coefficient (Wildman–Crippen LogP) is 4.72. The van der Waals surface area contributed by atoms with Crippen molar-refractivity contribution in [2.45, 2.75) is 13.0 Å². The Morgan fingerprint density at radius 2 is 1.53 bits per heavy atom. The van der Waals surface area contributed by atoms with Gasteiger partial charge in [-0.25, -0.2) is 0 Å². The highest BCUT2D eigenvalue weighted by molar-refractivity contribution is 5.55. The van der Waals surface area contributed by atoms with Crippen molar-refractivity contribution >= 4 is 11.4 Å². The Morgan fingerprint density at radius 3 is 2.22 bits per heavy atom. The second-order valence-electron chi connectivity index (χ2n) is 6.81. The molecule has 3 aromatic carbocycles. The number of aromatic nitrogens is 2. The maximum Gasteiger partial charge on any atom is 0.269 e. The van der Waals surface area contributed by atoms with E-state index in [0.717, 1.165) is 5.56 Å². The lowest BCUT2D eigenvalue weighted by atomic mass is 10.0. The molecule has 1 aromatic heterocycles. The first-order chi connectivity index (χ1) is 15.5. The highest BCUT2D eigenvalue weighted by atomic mass is 16.6. The fourth-order valence-electron chi connectivity index (χ4n) is 3.07. The summed E-state index contributed by atoms with van der Waals surface area (Å²) in [7, 11) is 0. The minimum absolute atomic E-state index is 0.0264. The summed E-state index contributed by atoms with van der Waals surface area (Å²) in [6.45, 7) is -0.0421. The standard InChI is InChI=1S/C22H16N4O6/c27-25(28)18-8-6-16(7-9-18)22-24-23-21(32-22)14-31-20-11-10-19(26(29)30)13-17(20)12-15-4-2-1-3-5-15/h1-11,13H,12,14H2. The van der Waals surface area contributed by atoms with E-state index in [2.05, 4.69) is 10.2 Å². The van der Waals surface area contributed by atoms with Gasteiger partial charge in [-0.2, -0.15) is 0 Å². The van der Waals surface area contributed by atoms with Crippen molar-refractivity contribution in [1.82, 2.24) is 10.2 Å². The van der Waals surface area contributed by atoms with Gasteiger partial charge in [0.1, 0.15) is 5.75 Å². The number of hydrogen-bond donors (Lipinski definition) is 0. The van der Waals surface area contributed by atoms with Crippen molar-refractivity contribution in [3.05, 3.63) is 110 Å². The summed E-state index contributed by atoms with van der Waals surface area (Å²) in [4.78, 5) is 21.0. The van der Waals surface area contributed by atoms with Crippen LogP contribution in [-0.4, -0.2) is 20.0 Å². The van der Waals surface area contributed by atoms with Gasteiger partial charge in [-0.3, -0.25) is 20.2 Å². The fourth-order valence-corrected chi connectivity index (χ4v) is 3.07. The van der Waals surface area contributed by atoms with Crippen molar-refractivity contribution < 1.29 is 19.0 Å². The first-order valence-corrected chi connectivity index (χ1v) is 9.51. The maximum absolute atomic E-state index is 11.2. The van der Waals surface area contributed by atoms with Gasteiger partial charge in [0.2, 0.25) is 5.89 Å². The molecule has 0 aliphatic heterocycles. The molecule has 0 saturated carbocycles. The van der Waals surface area contributed by atoms with Crippen LogP contribution in [0.2, 0.25) is 0 Å². The summed E-state index contributed by atoms with van der Waals surface area (Å²) in [6.07, 6.45) is 0.454. The number of nitro groups is 2. The summed E-state index contributed by atoms with van der Waals surface area (Å²) in [5.74, 6) is 0.864. The highest BCUT2D eigenvalue weighted by Gasteiger charge is 2.15. The average molecular weight is 432 g/mol. The Morgan fingerprint density at radius 1 is 0.844 bits per heavy atom. The van der Waals surface area contributed by atoms with E-state index in [1.165, 1.54) is 36.4 Å². The van der Waals surface area contributed by atoms with Gasteiger partial charge < -0.3 is 9.15 Å². The number of nitrogens with zero attached hydrogens (tertiary/aromatic N) is 4. The summed E-state index contributed by atoms with van der Waals surface area (Å²) >= 11 is 0. The third-order valence-electron chi connectivity index (χ3n) is 4.64. The number of hydrogen-bond acceptors (Lipinski definition) is 8. The van der Waals surface area contributed by atoms with Crippen molar-refractivity contribution in [2.24, 2.45) is 0 Å². The molecular weight excluding hydrogens is 416 g/mol. The third kappa shape index (κ3) is 4.75. The Labute approximate surface area is 181 Å². The Balaban J connectivity index is 1.51. The van der Waals surface area contributed by atoms with Crippen LogP contribution >= 0.6 is 0 Å². The quantitative estimate of drug-likeness (QED) is 0.288. The highest BCUT2D eigenvalue weighted by Crippen LogP contribution is 2.28. The minimum Gasteiger partial charge on any atom is -0.484 e. The lowest BCUT2D eigenvalue weighted by molar-refractivity contribution is -0.385. The number of non-ortho nitro benzene ring substituents is 2. The first kappa shape index (κ1) is 20.7. The normalized spacial score (nSPS) is 10.6. The molecule has 0 saturated heterocycles. The van der Waals surface area contributed by atoms with E-state index >= 15 is 0 Å². The van der Waals surface area contributed by atoms with Crippen LogP contribution in [0.4, 0.5) is 11.4 Å².